The Morgan fingerprint density at radius 2 is 2.15 bits per heavy atom. The van der Waals surface area contributed by atoms with E-state index >= 15 is 0 Å². The van der Waals surface area contributed by atoms with Gasteiger partial charge in [-0.15, -0.1) is 12.3 Å². The first-order chi connectivity index (χ1) is 6.38. The number of nitrogens with one attached hydrogen (secondary N) is 1. The van der Waals surface area contributed by atoms with Crippen molar-refractivity contribution in [2.24, 2.45) is 11.8 Å². The maximum Gasteiger partial charge on any atom is 0.00888 e. The molecule has 13 heavy (non-hydrogen) atoms. The Balaban J connectivity index is 2.23. The highest BCUT2D eigenvalue weighted by Crippen LogP contribution is 2.34. The zero-order valence-corrected chi connectivity index (χ0v) is 8.68. The normalized spacial score (nSPS) is 27.4. The zero-order valence-electron chi connectivity index (χ0n) is 8.68. The fourth-order valence-electron chi connectivity index (χ4n) is 2.36. The van der Waals surface area contributed by atoms with Crippen molar-refractivity contribution in [1.82, 2.24) is 5.32 Å². The molecule has 0 radical (unpaired) electrons. The standard InChI is InChI=1S/C12H21N/c1-3-5-7-11-8-6-9-12(11)10-13-4-2/h1,11-13H,4-10H2,2H3. The number of hydrogen-bond acceptors (Lipinski definition) is 1. The summed E-state index contributed by atoms with van der Waals surface area (Å²) in [6.45, 7) is 4.47. The van der Waals surface area contributed by atoms with E-state index in [4.69, 9.17) is 6.42 Å². The Kier molecular flexibility index (Phi) is 4.93. The lowest BCUT2D eigenvalue weighted by Gasteiger charge is -2.18. The zero-order chi connectivity index (χ0) is 9.52. The van der Waals surface area contributed by atoms with Crippen LogP contribution in [0.1, 0.15) is 39.0 Å². The second-order valence-electron chi connectivity index (χ2n) is 4.00. The van der Waals surface area contributed by atoms with Gasteiger partial charge in [0.1, 0.15) is 0 Å². The van der Waals surface area contributed by atoms with E-state index in [1.165, 1.54) is 32.2 Å². The van der Waals surface area contributed by atoms with E-state index in [0.29, 0.717) is 0 Å². The van der Waals surface area contributed by atoms with Crippen LogP contribution in [0.25, 0.3) is 0 Å². The van der Waals surface area contributed by atoms with Gasteiger partial charge in [-0.2, -0.15) is 0 Å². The molecular weight excluding hydrogens is 158 g/mol. The van der Waals surface area contributed by atoms with Gasteiger partial charge in [-0.05, 0) is 37.8 Å². The molecular formula is C12H21N. The van der Waals surface area contributed by atoms with Crippen LogP contribution in [0.5, 0.6) is 0 Å². The molecule has 0 aliphatic heterocycles. The molecule has 1 saturated carbocycles. The molecule has 1 fully saturated rings. The molecule has 1 heteroatoms. The second-order valence-corrected chi connectivity index (χ2v) is 4.00. The van der Waals surface area contributed by atoms with Gasteiger partial charge >= 0.3 is 0 Å². The summed E-state index contributed by atoms with van der Waals surface area (Å²) in [4.78, 5) is 0. The summed E-state index contributed by atoms with van der Waals surface area (Å²) in [5.41, 5.74) is 0. The number of rotatable bonds is 5. The van der Waals surface area contributed by atoms with Crippen LogP contribution in [0.3, 0.4) is 0 Å². The highest BCUT2D eigenvalue weighted by molar-refractivity contribution is 4.87. The molecule has 0 spiro atoms. The van der Waals surface area contributed by atoms with Gasteiger partial charge in [0, 0.05) is 6.42 Å². The van der Waals surface area contributed by atoms with Crippen LogP contribution in [0.15, 0.2) is 0 Å². The Bertz CT molecular complexity index is 168. The van der Waals surface area contributed by atoms with E-state index in [9.17, 15) is 0 Å². The molecule has 0 aromatic heterocycles. The van der Waals surface area contributed by atoms with E-state index in [0.717, 1.165) is 24.8 Å². The molecule has 0 saturated heterocycles. The van der Waals surface area contributed by atoms with Crippen LogP contribution in [0.4, 0.5) is 0 Å². The minimum atomic E-state index is 0.897. The summed E-state index contributed by atoms with van der Waals surface area (Å²) < 4.78 is 0. The first kappa shape index (κ1) is 10.6. The Morgan fingerprint density at radius 3 is 2.85 bits per heavy atom. The van der Waals surface area contributed by atoms with Crippen LogP contribution in [0.2, 0.25) is 0 Å². The highest BCUT2D eigenvalue weighted by Gasteiger charge is 2.25. The lowest BCUT2D eigenvalue weighted by Crippen LogP contribution is -2.24. The molecule has 1 aliphatic rings. The third-order valence-corrected chi connectivity index (χ3v) is 3.13. The van der Waals surface area contributed by atoms with Gasteiger partial charge in [0.05, 0.1) is 0 Å². The molecule has 1 rings (SSSR count). The van der Waals surface area contributed by atoms with Gasteiger partial charge in [-0.25, -0.2) is 0 Å². The van der Waals surface area contributed by atoms with Gasteiger partial charge in [0.2, 0.25) is 0 Å². The average Bonchev–Trinajstić information content (AvgIpc) is 2.59. The van der Waals surface area contributed by atoms with E-state index in [1.807, 2.05) is 0 Å². The Labute approximate surface area is 82.3 Å². The summed E-state index contributed by atoms with van der Waals surface area (Å²) in [5, 5.41) is 3.44. The Morgan fingerprint density at radius 1 is 1.38 bits per heavy atom. The monoisotopic (exact) mass is 179 g/mol. The molecule has 2 unspecified atom stereocenters. The fourth-order valence-corrected chi connectivity index (χ4v) is 2.36. The van der Waals surface area contributed by atoms with E-state index in [2.05, 4.69) is 18.2 Å². The van der Waals surface area contributed by atoms with Crippen molar-refractivity contribution >= 4 is 0 Å². The van der Waals surface area contributed by atoms with E-state index in [-0.39, 0.29) is 0 Å². The first-order valence-corrected chi connectivity index (χ1v) is 5.52. The Hall–Kier alpha value is -0.480. The highest BCUT2D eigenvalue weighted by atomic mass is 14.8. The van der Waals surface area contributed by atoms with Crippen molar-refractivity contribution < 1.29 is 0 Å². The minimum absolute atomic E-state index is 0.897. The van der Waals surface area contributed by atoms with Crippen molar-refractivity contribution in [2.45, 2.75) is 39.0 Å². The van der Waals surface area contributed by atoms with Gasteiger partial charge in [-0.1, -0.05) is 19.8 Å². The van der Waals surface area contributed by atoms with Crippen LogP contribution in [-0.4, -0.2) is 13.1 Å². The lowest BCUT2D eigenvalue weighted by atomic mass is 9.91. The third kappa shape index (κ3) is 3.40. The largest absolute Gasteiger partial charge is 0.317 e. The molecule has 1 nitrogen and oxygen atoms in total. The summed E-state index contributed by atoms with van der Waals surface area (Å²) >= 11 is 0. The van der Waals surface area contributed by atoms with E-state index < -0.39 is 0 Å². The SMILES string of the molecule is C#CCCC1CCCC1CNCC. The first-order valence-electron chi connectivity index (χ1n) is 5.52. The molecule has 1 aliphatic carbocycles. The van der Waals surface area contributed by atoms with Gasteiger partial charge in [0.15, 0.2) is 0 Å². The molecule has 1 N–H and O–H groups in total. The summed E-state index contributed by atoms with van der Waals surface area (Å²) in [6, 6.07) is 0. The average molecular weight is 179 g/mol. The van der Waals surface area contributed by atoms with Crippen LogP contribution in [0, 0.1) is 24.2 Å². The van der Waals surface area contributed by atoms with Gasteiger partial charge in [0.25, 0.3) is 0 Å². The topological polar surface area (TPSA) is 12.0 Å². The number of terminal acetylenes is 1. The van der Waals surface area contributed by atoms with Crippen molar-refractivity contribution in [3.8, 4) is 12.3 Å². The fraction of sp³-hybridized carbons (Fsp3) is 0.833. The molecule has 2 atom stereocenters. The second kappa shape index (κ2) is 6.05. The third-order valence-electron chi connectivity index (χ3n) is 3.13. The van der Waals surface area contributed by atoms with Crippen molar-refractivity contribution in [3.05, 3.63) is 0 Å². The van der Waals surface area contributed by atoms with Crippen LogP contribution in [-0.2, 0) is 0 Å². The molecule has 0 aromatic rings. The molecule has 0 aromatic carbocycles. The quantitative estimate of drug-likeness (QED) is 0.639. The maximum atomic E-state index is 5.29. The van der Waals surface area contributed by atoms with Gasteiger partial charge in [-0.3, -0.25) is 0 Å². The maximum absolute atomic E-state index is 5.29. The summed E-state index contributed by atoms with van der Waals surface area (Å²) in [6.07, 6.45) is 11.7. The smallest absolute Gasteiger partial charge is 0.00888 e. The molecule has 0 heterocycles. The summed E-state index contributed by atoms with van der Waals surface area (Å²) in [5.74, 6) is 4.55. The lowest BCUT2D eigenvalue weighted by molar-refractivity contribution is 0.353. The van der Waals surface area contributed by atoms with Crippen molar-refractivity contribution in [2.75, 3.05) is 13.1 Å². The summed E-state index contributed by atoms with van der Waals surface area (Å²) in [7, 11) is 0. The minimum Gasteiger partial charge on any atom is -0.317 e. The predicted octanol–water partition coefficient (Wildman–Crippen LogP) is 2.43. The number of hydrogen-bond donors (Lipinski definition) is 1. The molecule has 0 amide bonds. The van der Waals surface area contributed by atoms with Crippen LogP contribution >= 0.6 is 0 Å². The predicted molar refractivity (Wildman–Crippen MR) is 57.4 cm³/mol. The van der Waals surface area contributed by atoms with Gasteiger partial charge < -0.3 is 5.32 Å². The van der Waals surface area contributed by atoms with E-state index in [1.54, 1.807) is 0 Å². The van der Waals surface area contributed by atoms with Crippen LogP contribution < -0.4 is 5.32 Å². The molecule has 0 bridgehead atoms. The van der Waals surface area contributed by atoms with Crippen molar-refractivity contribution in [1.29, 1.82) is 0 Å². The molecule has 74 valence electrons. The van der Waals surface area contributed by atoms with Crippen molar-refractivity contribution in [3.63, 3.8) is 0 Å².